The maximum absolute atomic E-state index is 12.1. The van der Waals surface area contributed by atoms with Gasteiger partial charge in [0.05, 0.1) is 20.2 Å². The highest BCUT2D eigenvalue weighted by molar-refractivity contribution is 7.09. The lowest BCUT2D eigenvalue weighted by Crippen LogP contribution is -2.46. The average Bonchev–Trinajstić information content (AvgIpc) is 3.03. The molecule has 1 fully saturated rings. The topological polar surface area (TPSA) is 41.6 Å². The van der Waals surface area contributed by atoms with Crippen LogP contribution in [0.5, 0.6) is 5.75 Å². The second-order valence-corrected chi connectivity index (χ2v) is 6.44. The molecule has 0 radical (unpaired) electrons. The molecule has 0 spiro atoms. The van der Waals surface area contributed by atoms with Gasteiger partial charge in [-0.25, -0.2) is 0 Å². The molecule has 2 aromatic rings. The summed E-state index contributed by atoms with van der Waals surface area (Å²) in [6.07, 6.45) is 1.09. The quantitative estimate of drug-likeness (QED) is 0.891. The molecular weight excluding hydrogens is 296 g/mol. The molecule has 0 saturated carbocycles. The summed E-state index contributed by atoms with van der Waals surface area (Å²) in [4.78, 5) is 15.5. The number of carbonyl (C=O) groups excluding carboxylic acids is 1. The number of amides is 1. The van der Waals surface area contributed by atoms with Crippen molar-refractivity contribution in [3.63, 3.8) is 0 Å². The van der Waals surface area contributed by atoms with Gasteiger partial charge in [-0.1, -0.05) is 18.2 Å². The van der Waals surface area contributed by atoms with Gasteiger partial charge >= 0.3 is 0 Å². The monoisotopic (exact) mass is 316 g/mol. The van der Waals surface area contributed by atoms with Crippen LogP contribution in [0, 0.1) is 0 Å². The molecule has 0 unspecified atom stereocenters. The number of methoxy groups -OCH3 is 1. The first-order valence-electron chi connectivity index (χ1n) is 7.43. The van der Waals surface area contributed by atoms with Crippen LogP contribution in [0.3, 0.4) is 0 Å². The molecular formula is C17H20N2O2S. The van der Waals surface area contributed by atoms with Crippen LogP contribution in [0.4, 0.5) is 0 Å². The minimum Gasteiger partial charge on any atom is -0.497 e. The molecule has 1 aliphatic rings. The summed E-state index contributed by atoms with van der Waals surface area (Å²) in [5.41, 5.74) is 1.22. The minimum atomic E-state index is 0.0843. The first-order valence-corrected chi connectivity index (χ1v) is 8.31. The summed E-state index contributed by atoms with van der Waals surface area (Å²) in [6, 6.07) is 12.5. The van der Waals surface area contributed by atoms with E-state index in [0.29, 0.717) is 19.1 Å². The number of likely N-dealkylation sites (tertiary alicyclic amines) is 1. The molecule has 3 rings (SSSR count). The van der Waals surface area contributed by atoms with Gasteiger partial charge in [0, 0.05) is 17.5 Å². The van der Waals surface area contributed by atoms with Gasteiger partial charge in [0.1, 0.15) is 5.75 Å². The normalized spacial score (nSPS) is 17.8. The lowest BCUT2D eigenvalue weighted by molar-refractivity contribution is -0.124. The Morgan fingerprint density at radius 3 is 3.00 bits per heavy atom. The number of ether oxygens (including phenoxy) is 1. The van der Waals surface area contributed by atoms with Crippen LogP contribution in [0.15, 0.2) is 41.8 Å². The Morgan fingerprint density at radius 1 is 1.41 bits per heavy atom. The van der Waals surface area contributed by atoms with E-state index >= 15 is 0 Å². The van der Waals surface area contributed by atoms with Gasteiger partial charge in [-0.3, -0.25) is 9.69 Å². The van der Waals surface area contributed by atoms with Gasteiger partial charge in [-0.15, -0.1) is 11.3 Å². The van der Waals surface area contributed by atoms with Crippen molar-refractivity contribution in [3.05, 3.63) is 52.2 Å². The number of nitrogens with one attached hydrogen (secondary N) is 1. The van der Waals surface area contributed by atoms with Crippen molar-refractivity contribution in [2.45, 2.75) is 19.0 Å². The van der Waals surface area contributed by atoms with Gasteiger partial charge < -0.3 is 10.1 Å². The van der Waals surface area contributed by atoms with Crippen molar-refractivity contribution in [3.8, 4) is 5.75 Å². The molecule has 5 heteroatoms. The number of hydrogen-bond donors (Lipinski definition) is 1. The molecule has 1 aromatic carbocycles. The second kappa shape index (κ2) is 6.94. The van der Waals surface area contributed by atoms with Crippen LogP contribution in [0.1, 0.15) is 22.9 Å². The molecule has 2 heterocycles. The van der Waals surface area contributed by atoms with E-state index in [4.69, 9.17) is 4.74 Å². The van der Waals surface area contributed by atoms with Crippen LogP contribution in [-0.2, 0) is 11.3 Å². The lowest BCUT2D eigenvalue weighted by Gasteiger charge is -2.40. The highest BCUT2D eigenvalue weighted by atomic mass is 32.1. The van der Waals surface area contributed by atoms with Gasteiger partial charge in [0.25, 0.3) is 0 Å². The molecule has 4 nitrogen and oxygen atoms in total. The predicted octanol–water partition coefficient (Wildman–Crippen LogP) is 2.82. The summed E-state index contributed by atoms with van der Waals surface area (Å²) in [5.74, 6) is 0.951. The third-order valence-electron chi connectivity index (χ3n) is 4.00. The van der Waals surface area contributed by atoms with E-state index in [2.05, 4.69) is 22.3 Å². The standard InChI is InChI=1S/C17H20N2O2S/c1-21-14-5-2-4-13(10-14)16-7-8-19(16)12-17(20)18-11-15-6-3-9-22-15/h2-6,9-10,16H,7-8,11-12H2,1H3,(H,18,20)/t16-/m1/s1. The van der Waals surface area contributed by atoms with E-state index in [0.717, 1.165) is 18.7 Å². The third kappa shape index (κ3) is 3.48. The number of benzene rings is 1. The number of thiophene rings is 1. The summed E-state index contributed by atoms with van der Waals surface area (Å²) < 4.78 is 5.27. The fraction of sp³-hybridized carbons (Fsp3) is 0.353. The van der Waals surface area contributed by atoms with Gasteiger partial charge in [0.2, 0.25) is 5.91 Å². The van der Waals surface area contributed by atoms with E-state index in [-0.39, 0.29) is 5.91 Å². The zero-order valence-corrected chi connectivity index (χ0v) is 13.4. The van der Waals surface area contributed by atoms with Crippen molar-refractivity contribution in [2.75, 3.05) is 20.2 Å². The molecule has 116 valence electrons. The number of nitrogens with zero attached hydrogens (tertiary/aromatic N) is 1. The van der Waals surface area contributed by atoms with E-state index in [1.807, 2.05) is 29.6 Å². The Kier molecular flexibility index (Phi) is 4.75. The highest BCUT2D eigenvalue weighted by Gasteiger charge is 2.30. The fourth-order valence-electron chi connectivity index (χ4n) is 2.70. The van der Waals surface area contributed by atoms with E-state index in [1.165, 1.54) is 10.4 Å². The molecule has 1 amide bonds. The Hall–Kier alpha value is -1.85. The predicted molar refractivity (Wildman–Crippen MR) is 88.1 cm³/mol. The number of carbonyl (C=O) groups is 1. The first-order chi connectivity index (χ1) is 10.8. The van der Waals surface area contributed by atoms with Crippen molar-refractivity contribution in [2.24, 2.45) is 0 Å². The Balaban J connectivity index is 1.53. The SMILES string of the molecule is COc1cccc([C@H]2CCN2CC(=O)NCc2cccs2)c1. The molecule has 0 bridgehead atoms. The van der Waals surface area contributed by atoms with Crippen LogP contribution in [-0.4, -0.2) is 31.0 Å². The maximum Gasteiger partial charge on any atom is 0.234 e. The number of hydrogen-bond acceptors (Lipinski definition) is 4. The molecule has 1 N–H and O–H groups in total. The largest absolute Gasteiger partial charge is 0.497 e. The zero-order chi connectivity index (χ0) is 15.4. The summed E-state index contributed by atoms with van der Waals surface area (Å²) in [6.45, 7) is 2.04. The number of rotatable bonds is 6. The average molecular weight is 316 g/mol. The van der Waals surface area contributed by atoms with Crippen molar-refractivity contribution >= 4 is 17.2 Å². The maximum atomic E-state index is 12.1. The summed E-state index contributed by atoms with van der Waals surface area (Å²) in [7, 11) is 1.68. The third-order valence-corrected chi connectivity index (χ3v) is 4.87. The summed E-state index contributed by atoms with van der Waals surface area (Å²) >= 11 is 1.66. The molecule has 1 aromatic heterocycles. The smallest absolute Gasteiger partial charge is 0.234 e. The fourth-order valence-corrected chi connectivity index (χ4v) is 3.34. The van der Waals surface area contributed by atoms with Crippen LogP contribution < -0.4 is 10.1 Å². The van der Waals surface area contributed by atoms with Crippen LogP contribution >= 0.6 is 11.3 Å². The molecule has 0 aliphatic carbocycles. The van der Waals surface area contributed by atoms with E-state index in [9.17, 15) is 4.79 Å². The summed E-state index contributed by atoms with van der Waals surface area (Å²) in [5, 5.41) is 5.01. The van der Waals surface area contributed by atoms with Crippen molar-refractivity contribution in [1.82, 2.24) is 10.2 Å². The Labute approximate surface area is 134 Å². The van der Waals surface area contributed by atoms with E-state index in [1.54, 1.807) is 18.4 Å². The molecule has 1 saturated heterocycles. The van der Waals surface area contributed by atoms with Crippen LogP contribution in [0.25, 0.3) is 0 Å². The minimum absolute atomic E-state index is 0.0843. The van der Waals surface area contributed by atoms with Gasteiger partial charge in [-0.05, 0) is 35.6 Å². The van der Waals surface area contributed by atoms with Crippen molar-refractivity contribution < 1.29 is 9.53 Å². The lowest BCUT2D eigenvalue weighted by atomic mass is 9.94. The Morgan fingerprint density at radius 2 is 2.32 bits per heavy atom. The Bertz CT molecular complexity index is 627. The van der Waals surface area contributed by atoms with E-state index < -0.39 is 0 Å². The molecule has 1 atom stereocenters. The second-order valence-electron chi connectivity index (χ2n) is 5.41. The zero-order valence-electron chi connectivity index (χ0n) is 12.6. The van der Waals surface area contributed by atoms with Crippen LogP contribution in [0.2, 0.25) is 0 Å². The van der Waals surface area contributed by atoms with Crippen molar-refractivity contribution in [1.29, 1.82) is 0 Å². The van der Waals surface area contributed by atoms with Gasteiger partial charge in [0.15, 0.2) is 0 Å². The molecule has 22 heavy (non-hydrogen) atoms. The first kappa shape index (κ1) is 15.1. The van der Waals surface area contributed by atoms with Gasteiger partial charge in [-0.2, -0.15) is 0 Å². The molecule has 1 aliphatic heterocycles. The highest BCUT2D eigenvalue weighted by Crippen LogP contribution is 2.34.